The minimum absolute atomic E-state index is 0. The summed E-state index contributed by atoms with van der Waals surface area (Å²) in [6.07, 6.45) is 2.55. The van der Waals surface area contributed by atoms with E-state index in [0.717, 1.165) is 0 Å². The predicted molar refractivity (Wildman–Crippen MR) is 41.8 cm³/mol. The van der Waals surface area contributed by atoms with E-state index in [-0.39, 0.29) is 17.3 Å². The second-order valence-corrected chi connectivity index (χ2v) is 3.46. The van der Waals surface area contributed by atoms with E-state index in [4.69, 9.17) is 5.14 Å². The average molecular weight is 198 g/mol. The van der Waals surface area contributed by atoms with Gasteiger partial charge < -0.3 is 0 Å². The van der Waals surface area contributed by atoms with Gasteiger partial charge in [-0.2, -0.15) is 5.10 Å². The van der Waals surface area contributed by atoms with Gasteiger partial charge in [0.25, 0.3) is 0 Å². The lowest BCUT2D eigenvalue weighted by Crippen LogP contribution is -2.10. The summed E-state index contributed by atoms with van der Waals surface area (Å²) >= 11 is 0. The highest BCUT2D eigenvalue weighted by Crippen LogP contribution is 2.01. The standard InChI is InChI=1S/C4H7N3O2S.ClH/c1-7-3-4(2-6-7)10(5,8)9;/h2-3H,1H3,(H2,5,8,9);1H. The van der Waals surface area contributed by atoms with E-state index in [9.17, 15) is 8.42 Å². The Balaban J connectivity index is 0.000001000. The first-order valence-corrected chi connectivity index (χ1v) is 4.06. The maximum atomic E-state index is 10.6. The summed E-state index contributed by atoms with van der Waals surface area (Å²) in [5.74, 6) is 0. The van der Waals surface area contributed by atoms with E-state index in [1.807, 2.05) is 0 Å². The number of aryl methyl sites for hydroxylation is 1. The van der Waals surface area contributed by atoms with Crippen LogP contribution in [0.2, 0.25) is 0 Å². The molecule has 0 spiro atoms. The summed E-state index contributed by atoms with van der Waals surface area (Å²) < 4.78 is 22.5. The van der Waals surface area contributed by atoms with Crippen LogP contribution in [-0.2, 0) is 17.1 Å². The van der Waals surface area contributed by atoms with Gasteiger partial charge in [-0.05, 0) is 0 Å². The normalized spacial score (nSPS) is 10.7. The van der Waals surface area contributed by atoms with Gasteiger partial charge in [0.1, 0.15) is 4.90 Å². The van der Waals surface area contributed by atoms with Crippen LogP contribution in [0.15, 0.2) is 17.3 Å². The fraction of sp³-hybridized carbons (Fsp3) is 0.250. The minimum Gasteiger partial charge on any atom is -0.274 e. The third kappa shape index (κ3) is 2.49. The Labute approximate surface area is 70.7 Å². The van der Waals surface area contributed by atoms with Crippen LogP contribution in [0.1, 0.15) is 0 Å². The highest BCUT2D eigenvalue weighted by Gasteiger charge is 2.08. The Kier molecular flexibility index (Phi) is 3.03. The lowest BCUT2D eigenvalue weighted by atomic mass is 10.7. The molecule has 11 heavy (non-hydrogen) atoms. The molecule has 2 N–H and O–H groups in total. The number of halogens is 1. The van der Waals surface area contributed by atoms with Gasteiger partial charge in [-0.15, -0.1) is 12.4 Å². The summed E-state index contributed by atoms with van der Waals surface area (Å²) in [6.45, 7) is 0. The van der Waals surface area contributed by atoms with Crippen molar-refractivity contribution in [2.24, 2.45) is 12.2 Å². The second-order valence-electron chi connectivity index (χ2n) is 1.89. The molecule has 0 aliphatic rings. The lowest BCUT2D eigenvalue weighted by Gasteiger charge is -1.87. The molecule has 1 rings (SSSR count). The molecule has 0 amide bonds. The summed E-state index contributed by atoms with van der Waals surface area (Å²) in [7, 11) is -1.95. The largest absolute Gasteiger partial charge is 0.274 e. The van der Waals surface area contributed by atoms with Crippen LogP contribution in [0.4, 0.5) is 0 Å². The highest BCUT2D eigenvalue weighted by atomic mass is 35.5. The Morgan fingerprint density at radius 1 is 1.64 bits per heavy atom. The Morgan fingerprint density at radius 2 is 2.18 bits per heavy atom. The van der Waals surface area contributed by atoms with Crippen LogP contribution in [0.3, 0.4) is 0 Å². The molecule has 7 heteroatoms. The van der Waals surface area contributed by atoms with E-state index in [1.165, 1.54) is 17.1 Å². The van der Waals surface area contributed by atoms with Gasteiger partial charge in [-0.25, -0.2) is 13.6 Å². The lowest BCUT2D eigenvalue weighted by molar-refractivity contribution is 0.597. The van der Waals surface area contributed by atoms with E-state index in [0.29, 0.717) is 0 Å². The molecule has 0 unspecified atom stereocenters. The SMILES string of the molecule is Cl.Cn1cc(S(N)(=O)=O)cn1. The van der Waals surface area contributed by atoms with Crippen molar-refractivity contribution in [1.29, 1.82) is 0 Å². The minimum atomic E-state index is -3.57. The van der Waals surface area contributed by atoms with Gasteiger partial charge in [0.15, 0.2) is 0 Å². The molecular weight excluding hydrogens is 190 g/mol. The van der Waals surface area contributed by atoms with Crippen LogP contribution >= 0.6 is 12.4 Å². The zero-order valence-electron chi connectivity index (χ0n) is 5.76. The van der Waals surface area contributed by atoms with Crippen molar-refractivity contribution < 1.29 is 8.42 Å². The number of nitrogens with two attached hydrogens (primary N) is 1. The van der Waals surface area contributed by atoms with Gasteiger partial charge in [0.05, 0.1) is 6.20 Å². The van der Waals surface area contributed by atoms with Crippen molar-refractivity contribution in [2.45, 2.75) is 4.90 Å². The van der Waals surface area contributed by atoms with Crippen molar-refractivity contribution >= 4 is 22.4 Å². The van der Waals surface area contributed by atoms with Gasteiger partial charge in [-0.3, -0.25) is 4.68 Å². The Hall–Kier alpha value is -0.590. The molecule has 0 bridgehead atoms. The van der Waals surface area contributed by atoms with Gasteiger partial charge in [-0.1, -0.05) is 0 Å². The van der Waals surface area contributed by atoms with Gasteiger partial charge in [0.2, 0.25) is 10.0 Å². The fourth-order valence-corrected chi connectivity index (χ4v) is 1.04. The molecule has 0 aliphatic heterocycles. The van der Waals surface area contributed by atoms with Crippen molar-refractivity contribution in [3.8, 4) is 0 Å². The molecule has 0 aliphatic carbocycles. The average Bonchev–Trinajstić information content (AvgIpc) is 2.11. The van der Waals surface area contributed by atoms with Crippen molar-refractivity contribution in [3.63, 3.8) is 0 Å². The fourth-order valence-electron chi connectivity index (χ4n) is 0.546. The summed E-state index contributed by atoms with van der Waals surface area (Å²) in [6, 6.07) is 0. The smallest absolute Gasteiger partial charge is 0.241 e. The second kappa shape index (κ2) is 3.21. The van der Waals surface area contributed by atoms with Crippen molar-refractivity contribution in [1.82, 2.24) is 9.78 Å². The van der Waals surface area contributed by atoms with Crippen LogP contribution in [0.5, 0.6) is 0 Å². The molecular formula is C4H8ClN3O2S. The molecule has 0 fully saturated rings. The first kappa shape index (κ1) is 10.4. The molecule has 0 radical (unpaired) electrons. The van der Waals surface area contributed by atoms with E-state index >= 15 is 0 Å². The quantitative estimate of drug-likeness (QED) is 0.659. The predicted octanol–water partition coefficient (Wildman–Crippen LogP) is -0.511. The number of hydrogen-bond donors (Lipinski definition) is 1. The Morgan fingerprint density at radius 3 is 2.36 bits per heavy atom. The number of rotatable bonds is 1. The number of nitrogens with zero attached hydrogens (tertiary/aromatic N) is 2. The van der Waals surface area contributed by atoms with E-state index < -0.39 is 10.0 Å². The third-order valence-electron chi connectivity index (χ3n) is 1.01. The van der Waals surface area contributed by atoms with Gasteiger partial charge >= 0.3 is 0 Å². The number of primary sulfonamides is 1. The van der Waals surface area contributed by atoms with E-state index in [2.05, 4.69) is 5.10 Å². The molecule has 1 aromatic heterocycles. The molecule has 1 aromatic rings. The Bertz CT molecular complexity index is 331. The molecule has 0 atom stereocenters. The van der Waals surface area contributed by atoms with E-state index in [1.54, 1.807) is 7.05 Å². The first-order chi connectivity index (χ1) is 4.50. The summed E-state index contributed by atoms with van der Waals surface area (Å²) in [4.78, 5) is 0.0370. The zero-order valence-corrected chi connectivity index (χ0v) is 7.39. The monoisotopic (exact) mass is 197 g/mol. The molecule has 0 aromatic carbocycles. The van der Waals surface area contributed by atoms with Gasteiger partial charge in [0, 0.05) is 13.2 Å². The summed E-state index contributed by atoms with van der Waals surface area (Å²) in [5, 5.41) is 8.43. The van der Waals surface area contributed by atoms with Crippen molar-refractivity contribution in [2.75, 3.05) is 0 Å². The highest BCUT2D eigenvalue weighted by molar-refractivity contribution is 7.89. The first-order valence-electron chi connectivity index (χ1n) is 2.51. The molecule has 64 valence electrons. The van der Waals surface area contributed by atoms with Crippen LogP contribution in [0.25, 0.3) is 0 Å². The summed E-state index contributed by atoms with van der Waals surface area (Å²) in [5.41, 5.74) is 0. The van der Waals surface area contributed by atoms with Crippen LogP contribution in [-0.4, -0.2) is 18.2 Å². The van der Waals surface area contributed by atoms with Crippen LogP contribution in [0, 0.1) is 0 Å². The maximum absolute atomic E-state index is 10.6. The molecule has 5 nitrogen and oxygen atoms in total. The topological polar surface area (TPSA) is 78.0 Å². The molecule has 1 heterocycles. The number of sulfonamides is 1. The molecule has 0 saturated carbocycles. The zero-order chi connectivity index (χ0) is 7.78. The van der Waals surface area contributed by atoms with Crippen LogP contribution < -0.4 is 5.14 Å². The number of hydrogen-bond acceptors (Lipinski definition) is 3. The maximum Gasteiger partial charge on any atom is 0.241 e. The van der Waals surface area contributed by atoms with Crippen molar-refractivity contribution in [3.05, 3.63) is 12.4 Å². The third-order valence-corrected chi connectivity index (χ3v) is 1.88. The molecule has 0 saturated heterocycles. The number of aromatic nitrogens is 2.